The number of nitrogens with one attached hydrogen (secondary N) is 1. The number of aromatic nitrogens is 1. The first-order valence-electron chi connectivity index (χ1n) is 9.08. The van der Waals surface area contributed by atoms with Crippen LogP contribution in [0.15, 0.2) is 35.2 Å². The summed E-state index contributed by atoms with van der Waals surface area (Å²) in [7, 11) is 0. The van der Waals surface area contributed by atoms with E-state index in [0.29, 0.717) is 6.54 Å². The summed E-state index contributed by atoms with van der Waals surface area (Å²) >= 11 is 1.69. The topological polar surface area (TPSA) is 48.5 Å². The quantitative estimate of drug-likeness (QED) is 0.907. The fourth-order valence-corrected chi connectivity index (χ4v) is 4.46. The highest BCUT2D eigenvalue weighted by Gasteiger charge is 2.29. The van der Waals surface area contributed by atoms with Gasteiger partial charge in [0, 0.05) is 32.4 Å². The second kappa shape index (κ2) is 7.44. The van der Waals surface area contributed by atoms with Crippen molar-refractivity contribution in [3.63, 3.8) is 0 Å². The summed E-state index contributed by atoms with van der Waals surface area (Å²) in [6.07, 6.45) is 6.51. The van der Waals surface area contributed by atoms with Crippen molar-refractivity contribution in [3.8, 4) is 0 Å². The molecule has 0 saturated carbocycles. The number of urea groups is 1. The monoisotopic (exact) mass is 356 g/mol. The third-order valence-corrected chi connectivity index (χ3v) is 5.83. The fourth-order valence-electron chi connectivity index (χ4n) is 3.75. The van der Waals surface area contributed by atoms with Crippen molar-refractivity contribution in [1.82, 2.24) is 15.2 Å². The Hall–Kier alpha value is -2.08. The average molecular weight is 356 g/mol. The van der Waals surface area contributed by atoms with Gasteiger partial charge in [-0.25, -0.2) is 9.78 Å². The summed E-state index contributed by atoms with van der Waals surface area (Å²) in [5.41, 5.74) is 2.30. The Morgan fingerprint density at radius 1 is 1.20 bits per heavy atom. The number of nitrogens with zero attached hydrogens (tertiary/aromatic N) is 3. The van der Waals surface area contributed by atoms with Gasteiger partial charge in [0.2, 0.25) is 0 Å². The number of anilines is 1. The number of thiophene rings is 1. The predicted octanol–water partition coefficient (Wildman–Crippen LogP) is 3.79. The van der Waals surface area contributed by atoms with E-state index in [-0.39, 0.29) is 12.1 Å². The minimum Gasteiger partial charge on any atom is -0.357 e. The molecule has 2 aromatic rings. The van der Waals surface area contributed by atoms with Crippen molar-refractivity contribution < 1.29 is 4.79 Å². The molecule has 0 radical (unpaired) electrons. The molecule has 132 valence electrons. The van der Waals surface area contributed by atoms with Crippen LogP contribution in [-0.2, 0) is 6.54 Å². The molecule has 4 heterocycles. The van der Waals surface area contributed by atoms with Gasteiger partial charge in [0.15, 0.2) is 0 Å². The molecule has 1 N–H and O–H groups in total. The van der Waals surface area contributed by atoms with Gasteiger partial charge in [0.05, 0.1) is 6.04 Å². The van der Waals surface area contributed by atoms with Gasteiger partial charge in [-0.15, -0.1) is 0 Å². The molecule has 6 heteroatoms. The smallest absolute Gasteiger partial charge is 0.318 e. The molecular formula is C19H24N4OS. The average Bonchev–Trinajstić information content (AvgIpc) is 3.41. The van der Waals surface area contributed by atoms with E-state index in [1.807, 2.05) is 11.1 Å². The second-order valence-corrected chi connectivity index (χ2v) is 7.57. The molecule has 1 atom stereocenters. The molecular weight excluding hydrogens is 332 g/mol. The van der Waals surface area contributed by atoms with E-state index in [2.05, 4.69) is 44.2 Å². The van der Waals surface area contributed by atoms with E-state index >= 15 is 0 Å². The summed E-state index contributed by atoms with van der Waals surface area (Å²) in [5, 5.41) is 7.29. The van der Waals surface area contributed by atoms with Gasteiger partial charge in [-0.05, 0) is 59.7 Å². The van der Waals surface area contributed by atoms with Crippen molar-refractivity contribution in [2.45, 2.75) is 38.3 Å². The van der Waals surface area contributed by atoms with Crippen LogP contribution < -0.4 is 10.2 Å². The standard InChI is InChI=1S/C19H24N4OS/c24-19(23-10-3-4-17(23)16-7-11-25-14-16)21-13-15-5-6-18(20-12-15)22-8-1-2-9-22/h5-7,11-12,14,17H,1-4,8-10,13H2,(H,21,24). The minimum absolute atomic E-state index is 0.0253. The maximum atomic E-state index is 12.6. The van der Waals surface area contributed by atoms with E-state index in [0.717, 1.165) is 43.9 Å². The number of carbonyl (C=O) groups excluding carboxylic acids is 1. The number of amides is 2. The van der Waals surface area contributed by atoms with Crippen LogP contribution in [-0.4, -0.2) is 35.5 Å². The molecule has 4 rings (SSSR count). The lowest BCUT2D eigenvalue weighted by molar-refractivity contribution is 0.192. The Bertz CT molecular complexity index is 695. The van der Waals surface area contributed by atoms with Gasteiger partial charge in [-0.1, -0.05) is 6.07 Å². The molecule has 2 aliphatic rings. The van der Waals surface area contributed by atoms with Crippen LogP contribution in [0.3, 0.4) is 0 Å². The van der Waals surface area contributed by atoms with Crippen LogP contribution in [0.1, 0.15) is 42.9 Å². The van der Waals surface area contributed by atoms with Crippen LogP contribution in [0, 0.1) is 0 Å². The maximum absolute atomic E-state index is 12.6. The number of hydrogen-bond donors (Lipinski definition) is 1. The third-order valence-electron chi connectivity index (χ3n) is 5.12. The molecule has 1 unspecified atom stereocenters. The van der Waals surface area contributed by atoms with Crippen LogP contribution in [0.25, 0.3) is 0 Å². The first kappa shape index (κ1) is 16.4. The Labute approximate surface area is 152 Å². The van der Waals surface area contributed by atoms with Crippen molar-refractivity contribution in [3.05, 3.63) is 46.3 Å². The SMILES string of the molecule is O=C(NCc1ccc(N2CCCC2)nc1)N1CCCC1c1ccsc1. The van der Waals surface area contributed by atoms with Crippen molar-refractivity contribution in [2.75, 3.05) is 24.5 Å². The van der Waals surface area contributed by atoms with Crippen LogP contribution in [0.2, 0.25) is 0 Å². The molecule has 0 aromatic carbocycles. The van der Waals surface area contributed by atoms with Crippen molar-refractivity contribution in [2.24, 2.45) is 0 Å². The molecule has 0 aliphatic carbocycles. The molecule has 2 aliphatic heterocycles. The summed E-state index contributed by atoms with van der Waals surface area (Å²) in [5.74, 6) is 1.05. The second-order valence-electron chi connectivity index (χ2n) is 6.79. The van der Waals surface area contributed by atoms with Crippen molar-refractivity contribution in [1.29, 1.82) is 0 Å². The molecule has 0 spiro atoms. The molecule has 2 saturated heterocycles. The Morgan fingerprint density at radius 3 is 2.80 bits per heavy atom. The molecule has 2 fully saturated rings. The number of rotatable bonds is 4. The predicted molar refractivity (Wildman–Crippen MR) is 101 cm³/mol. The highest BCUT2D eigenvalue weighted by atomic mass is 32.1. The molecule has 5 nitrogen and oxygen atoms in total. The zero-order valence-electron chi connectivity index (χ0n) is 14.4. The molecule has 25 heavy (non-hydrogen) atoms. The van der Waals surface area contributed by atoms with Gasteiger partial charge < -0.3 is 15.1 Å². The lowest BCUT2D eigenvalue weighted by atomic mass is 10.1. The summed E-state index contributed by atoms with van der Waals surface area (Å²) in [6.45, 7) is 3.56. The number of pyridine rings is 1. The highest BCUT2D eigenvalue weighted by molar-refractivity contribution is 7.07. The zero-order chi connectivity index (χ0) is 17.1. The van der Waals surface area contributed by atoms with Gasteiger partial charge in [0.1, 0.15) is 5.82 Å². The Balaban J connectivity index is 1.33. The Morgan fingerprint density at radius 2 is 2.08 bits per heavy atom. The van der Waals surface area contributed by atoms with Gasteiger partial charge in [-0.3, -0.25) is 0 Å². The largest absolute Gasteiger partial charge is 0.357 e. The van der Waals surface area contributed by atoms with Crippen LogP contribution in [0.5, 0.6) is 0 Å². The van der Waals surface area contributed by atoms with E-state index < -0.39 is 0 Å². The number of carbonyl (C=O) groups is 1. The third kappa shape index (κ3) is 3.63. The number of likely N-dealkylation sites (tertiary alicyclic amines) is 1. The van der Waals surface area contributed by atoms with Gasteiger partial charge in [-0.2, -0.15) is 11.3 Å². The molecule has 0 bridgehead atoms. The Kier molecular flexibility index (Phi) is 4.88. The van der Waals surface area contributed by atoms with Crippen LogP contribution in [0.4, 0.5) is 10.6 Å². The lowest BCUT2D eigenvalue weighted by Gasteiger charge is -2.24. The van der Waals surface area contributed by atoms with E-state index in [9.17, 15) is 4.79 Å². The summed E-state index contributed by atoms with van der Waals surface area (Å²) in [4.78, 5) is 21.4. The van der Waals surface area contributed by atoms with Gasteiger partial charge in [0.25, 0.3) is 0 Å². The lowest BCUT2D eigenvalue weighted by Crippen LogP contribution is -2.39. The van der Waals surface area contributed by atoms with Crippen molar-refractivity contribution >= 4 is 23.2 Å². The van der Waals surface area contributed by atoms with Gasteiger partial charge >= 0.3 is 6.03 Å². The first-order valence-corrected chi connectivity index (χ1v) is 10.0. The molecule has 2 aromatic heterocycles. The zero-order valence-corrected chi connectivity index (χ0v) is 15.2. The fraction of sp³-hybridized carbons (Fsp3) is 0.474. The molecule has 2 amide bonds. The highest BCUT2D eigenvalue weighted by Crippen LogP contribution is 2.32. The normalized spacial score (nSPS) is 20.2. The first-order chi connectivity index (χ1) is 12.3. The maximum Gasteiger partial charge on any atom is 0.318 e. The summed E-state index contributed by atoms with van der Waals surface area (Å²) < 4.78 is 0. The minimum atomic E-state index is 0.0253. The van der Waals surface area contributed by atoms with E-state index in [1.165, 1.54) is 18.4 Å². The van der Waals surface area contributed by atoms with Crippen LogP contribution >= 0.6 is 11.3 Å². The van der Waals surface area contributed by atoms with E-state index in [1.54, 1.807) is 11.3 Å². The summed E-state index contributed by atoms with van der Waals surface area (Å²) in [6, 6.07) is 6.51. The number of hydrogen-bond acceptors (Lipinski definition) is 4. The van der Waals surface area contributed by atoms with E-state index in [4.69, 9.17) is 0 Å².